The molecule has 1 amide bonds. The minimum absolute atomic E-state index is 0.126. The summed E-state index contributed by atoms with van der Waals surface area (Å²) >= 11 is 0. The molecule has 1 aromatic carbocycles. The Morgan fingerprint density at radius 1 is 1.33 bits per heavy atom. The highest BCUT2D eigenvalue weighted by Gasteiger charge is 2.29. The van der Waals surface area contributed by atoms with Crippen molar-refractivity contribution >= 4 is 11.7 Å². The molecule has 1 atom stereocenters. The number of nitrogens with zero attached hydrogens (tertiary/aromatic N) is 2. The molecule has 2 heterocycles. The van der Waals surface area contributed by atoms with E-state index < -0.39 is 0 Å². The number of nitrogens with one attached hydrogen (secondary N) is 1. The van der Waals surface area contributed by atoms with Crippen molar-refractivity contribution in [1.82, 2.24) is 9.88 Å². The topological polar surface area (TPSA) is 45.2 Å². The Morgan fingerprint density at radius 3 is 2.88 bits per heavy atom. The number of pyridine rings is 1. The summed E-state index contributed by atoms with van der Waals surface area (Å²) in [5.41, 5.74) is 2.11. The molecular weight excluding hydrogens is 305 g/mol. The molecule has 1 aliphatic rings. The van der Waals surface area contributed by atoms with Gasteiger partial charge in [0.2, 0.25) is 5.91 Å². The van der Waals surface area contributed by atoms with E-state index in [-0.39, 0.29) is 17.8 Å². The van der Waals surface area contributed by atoms with Gasteiger partial charge in [0.15, 0.2) is 0 Å². The Bertz CT molecular complexity index is 702. The molecule has 0 spiro atoms. The fourth-order valence-corrected chi connectivity index (χ4v) is 3.25. The van der Waals surface area contributed by atoms with E-state index in [2.05, 4.69) is 10.3 Å². The van der Waals surface area contributed by atoms with E-state index in [0.29, 0.717) is 12.8 Å². The molecule has 3 rings (SSSR count). The Balaban J connectivity index is 1.65. The number of anilines is 1. The van der Waals surface area contributed by atoms with Gasteiger partial charge in [0.1, 0.15) is 11.6 Å². The van der Waals surface area contributed by atoms with E-state index in [1.807, 2.05) is 24.1 Å². The molecule has 1 aromatic heterocycles. The average Bonchev–Trinajstić information content (AvgIpc) is 3.11. The molecule has 1 fully saturated rings. The molecule has 0 unspecified atom stereocenters. The van der Waals surface area contributed by atoms with Gasteiger partial charge in [-0.05, 0) is 54.7 Å². The van der Waals surface area contributed by atoms with E-state index >= 15 is 0 Å². The number of aryl methyl sites for hydroxylation is 1. The molecule has 24 heavy (non-hydrogen) atoms. The van der Waals surface area contributed by atoms with Crippen LogP contribution < -0.4 is 5.32 Å². The zero-order chi connectivity index (χ0) is 16.9. The standard InChI is InChI=1S/C19H22FN3O/c1-21-18-13-15(10-11-22-18)17-3-2-12-23(17)19(24)9-6-14-4-7-16(20)8-5-14/h4-5,7-8,10-11,13,17H,2-3,6,9,12H2,1H3,(H,21,22)/t17-/m0/s1. The van der Waals surface area contributed by atoms with Crippen molar-refractivity contribution in [3.8, 4) is 0 Å². The van der Waals surface area contributed by atoms with E-state index in [9.17, 15) is 9.18 Å². The highest BCUT2D eigenvalue weighted by atomic mass is 19.1. The van der Waals surface area contributed by atoms with Crippen molar-refractivity contribution in [3.63, 3.8) is 0 Å². The second-order valence-electron chi connectivity index (χ2n) is 6.10. The van der Waals surface area contributed by atoms with Crippen LogP contribution in [0, 0.1) is 5.82 Å². The molecule has 0 saturated carbocycles. The van der Waals surface area contributed by atoms with Crippen molar-refractivity contribution in [3.05, 3.63) is 59.5 Å². The van der Waals surface area contributed by atoms with Crippen LogP contribution in [0.5, 0.6) is 0 Å². The van der Waals surface area contributed by atoms with Crippen molar-refractivity contribution in [2.45, 2.75) is 31.7 Å². The van der Waals surface area contributed by atoms with E-state index in [1.54, 1.807) is 18.3 Å². The first kappa shape index (κ1) is 16.4. The van der Waals surface area contributed by atoms with Gasteiger partial charge in [0.25, 0.3) is 0 Å². The smallest absolute Gasteiger partial charge is 0.223 e. The number of carbonyl (C=O) groups is 1. The largest absolute Gasteiger partial charge is 0.373 e. The van der Waals surface area contributed by atoms with Gasteiger partial charge in [0.05, 0.1) is 6.04 Å². The number of amides is 1. The maximum absolute atomic E-state index is 12.9. The number of halogens is 1. The SMILES string of the molecule is CNc1cc([C@@H]2CCCN2C(=O)CCc2ccc(F)cc2)ccn1. The Hall–Kier alpha value is -2.43. The monoisotopic (exact) mass is 327 g/mol. The van der Waals surface area contributed by atoms with Crippen molar-refractivity contribution in [2.75, 3.05) is 18.9 Å². The average molecular weight is 327 g/mol. The van der Waals surface area contributed by atoms with Gasteiger partial charge in [-0.1, -0.05) is 12.1 Å². The highest BCUT2D eigenvalue weighted by molar-refractivity contribution is 5.77. The van der Waals surface area contributed by atoms with Gasteiger partial charge in [-0.15, -0.1) is 0 Å². The molecule has 0 bridgehead atoms. The number of carbonyl (C=O) groups excluding carboxylic acids is 1. The number of aromatic nitrogens is 1. The van der Waals surface area contributed by atoms with Crippen LogP contribution in [-0.4, -0.2) is 29.4 Å². The number of benzene rings is 1. The van der Waals surface area contributed by atoms with E-state index in [1.165, 1.54) is 12.1 Å². The summed E-state index contributed by atoms with van der Waals surface area (Å²) in [6, 6.07) is 10.5. The summed E-state index contributed by atoms with van der Waals surface area (Å²) in [6.07, 6.45) is 4.87. The molecule has 1 N–H and O–H groups in total. The Morgan fingerprint density at radius 2 is 2.12 bits per heavy atom. The lowest BCUT2D eigenvalue weighted by Gasteiger charge is -2.25. The minimum Gasteiger partial charge on any atom is -0.373 e. The molecule has 0 aliphatic carbocycles. The maximum Gasteiger partial charge on any atom is 0.223 e. The van der Waals surface area contributed by atoms with Crippen LogP contribution in [0.1, 0.15) is 36.4 Å². The second kappa shape index (κ2) is 7.43. The fraction of sp³-hybridized carbons (Fsp3) is 0.368. The van der Waals surface area contributed by atoms with Crippen LogP contribution >= 0.6 is 0 Å². The first-order valence-electron chi connectivity index (χ1n) is 8.35. The van der Waals surface area contributed by atoms with Gasteiger partial charge in [-0.3, -0.25) is 4.79 Å². The molecule has 0 radical (unpaired) electrons. The lowest BCUT2D eigenvalue weighted by Crippen LogP contribution is -2.30. The summed E-state index contributed by atoms with van der Waals surface area (Å²) in [5.74, 6) is 0.727. The first-order chi connectivity index (χ1) is 11.7. The van der Waals surface area contributed by atoms with Gasteiger partial charge in [-0.2, -0.15) is 0 Å². The fourth-order valence-electron chi connectivity index (χ4n) is 3.25. The van der Waals surface area contributed by atoms with Gasteiger partial charge >= 0.3 is 0 Å². The summed E-state index contributed by atoms with van der Waals surface area (Å²) in [5, 5.41) is 3.04. The number of likely N-dealkylation sites (tertiary alicyclic amines) is 1. The van der Waals surface area contributed by atoms with Crippen LogP contribution in [0.2, 0.25) is 0 Å². The molecule has 126 valence electrons. The lowest BCUT2D eigenvalue weighted by atomic mass is 10.0. The third-order valence-corrected chi connectivity index (χ3v) is 4.54. The zero-order valence-corrected chi connectivity index (χ0v) is 13.8. The van der Waals surface area contributed by atoms with Gasteiger partial charge < -0.3 is 10.2 Å². The minimum atomic E-state index is -0.247. The number of hydrogen-bond donors (Lipinski definition) is 1. The molecule has 4 nitrogen and oxygen atoms in total. The number of rotatable bonds is 5. The lowest BCUT2D eigenvalue weighted by molar-refractivity contribution is -0.132. The Kier molecular flexibility index (Phi) is 5.08. The van der Waals surface area contributed by atoms with Crippen LogP contribution in [0.3, 0.4) is 0 Å². The highest BCUT2D eigenvalue weighted by Crippen LogP contribution is 2.33. The van der Waals surface area contributed by atoms with Gasteiger partial charge in [-0.25, -0.2) is 9.37 Å². The normalized spacial score (nSPS) is 17.1. The molecular formula is C19H22FN3O. The molecule has 5 heteroatoms. The summed E-state index contributed by atoms with van der Waals surface area (Å²) in [7, 11) is 1.84. The predicted molar refractivity (Wildman–Crippen MR) is 92.2 cm³/mol. The van der Waals surface area contributed by atoms with Crippen LogP contribution in [0.25, 0.3) is 0 Å². The van der Waals surface area contributed by atoms with Crippen LogP contribution in [0.4, 0.5) is 10.2 Å². The van der Waals surface area contributed by atoms with Crippen LogP contribution in [0.15, 0.2) is 42.6 Å². The van der Waals surface area contributed by atoms with E-state index in [0.717, 1.165) is 36.3 Å². The summed E-state index contributed by atoms with van der Waals surface area (Å²) in [4.78, 5) is 18.9. The summed E-state index contributed by atoms with van der Waals surface area (Å²) < 4.78 is 12.9. The third kappa shape index (κ3) is 3.72. The van der Waals surface area contributed by atoms with Crippen molar-refractivity contribution < 1.29 is 9.18 Å². The zero-order valence-electron chi connectivity index (χ0n) is 13.8. The number of hydrogen-bond acceptors (Lipinski definition) is 3. The molecule has 2 aromatic rings. The quantitative estimate of drug-likeness (QED) is 0.913. The first-order valence-corrected chi connectivity index (χ1v) is 8.35. The predicted octanol–water partition coefficient (Wildman–Crippen LogP) is 3.56. The van der Waals surface area contributed by atoms with Crippen molar-refractivity contribution in [2.24, 2.45) is 0 Å². The maximum atomic E-state index is 12.9. The molecule has 1 saturated heterocycles. The van der Waals surface area contributed by atoms with Gasteiger partial charge in [0, 0.05) is 26.2 Å². The summed E-state index contributed by atoms with van der Waals surface area (Å²) in [6.45, 7) is 0.796. The molecule has 1 aliphatic heterocycles. The second-order valence-corrected chi connectivity index (χ2v) is 6.10. The van der Waals surface area contributed by atoms with Crippen molar-refractivity contribution in [1.29, 1.82) is 0 Å². The third-order valence-electron chi connectivity index (χ3n) is 4.54. The Labute approximate surface area is 141 Å². The van der Waals surface area contributed by atoms with Crippen LogP contribution in [-0.2, 0) is 11.2 Å². The van der Waals surface area contributed by atoms with E-state index in [4.69, 9.17) is 0 Å².